The second-order valence-electron chi connectivity index (χ2n) is 7.14. The first-order chi connectivity index (χ1) is 12.0. The summed E-state index contributed by atoms with van der Waals surface area (Å²) in [5.74, 6) is 1.10. The zero-order valence-electron chi connectivity index (χ0n) is 14.7. The second kappa shape index (κ2) is 6.14. The van der Waals surface area contributed by atoms with E-state index in [4.69, 9.17) is 4.42 Å². The first-order valence-corrected chi connectivity index (χ1v) is 9.66. The number of hydrogen-bond donors (Lipinski definition) is 0. The molecular weight excluding hydrogens is 376 g/mol. The van der Waals surface area contributed by atoms with Crippen LogP contribution < -0.4 is 5.43 Å². The number of benzene rings is 2. The van der Waals surface area contributed by atoms with E-state index in [1.807, 2.05) is 19.9 Å². The van der Waals surface area contributed by atoms with Gasteiger partial charge in [-0.05, 0) is 56.4 Å². The summed E-state index contributed by atoms with van der Waals surface area (Å²) in [6, 6.07) is 12.6. The van der Waals surface area contributed by atoms with Gasteiger partial charge in [-0.15, -0.1) is 0 Å². The van der Waals surface area contributed by atoms with Crippen molar-refractivity contribution in [2.45, 2.75) is 44.4 Å². The van der Waals surface area contributed by atoms with Gasteiger partial charge in [0.1, 0.15) is 11.3 Å². The smallest absolute Gasteiger partial charge is 0.195 e. The molecule has 128 valence electrons. The minimum Gasteiger partial charge on any atom is -0.460 e. The highest BCUT2D eigenvalue weighted by atomic mass is 79.9. The van der Waals surface area contributed by atoms with Gasteiger partial charge in [0, 0.05) is 21.9 Å². The standard InChI is InChI=1S/C22H21BrO2/c1-12-8-18(14(3)23)22-19(9-12)20(24)13(2)21(25-22)17-10-15-6-4-5-7-16(15)11-17/h4-9,14,17H,10-11H2,1-3H3. The van der Waals surface area contributed by atoms with E-state index in [0.29, 0.717) is 5.39 Å². The quantitative estimate of drug-likeness (QED) is 0.516. The fourth-order valence-corrected chi connectivity index (χ4v) is 4.35. The third-order valence-corrected chi connectivity index (χ3v) is 5.77. The van der Waals surface area contributed by atoms with E-state index in [9.17, 15) is 4.79 Å². The second-order valence-corrected chi connectivity index (χ2v) is 8.51. The highest BCUT2D eigenvalue weighted by Gasteiger charge is 2.28. The Morgan fingerprint density at radius 1 is 1.12 bits per heavy atom. The number of alkyl halides is 1. The number of rotatable bonds is 2. The third-order valence-electron chi connectivity index (χ3n) is 5.28. The van der Waals surface area contributed by atoms with Crippen LogP contribution in [0, 0.1) is 13.8 Å². The molecular formula is C22H21BrO2. The Morgan fingerprint density at radius 2 is 1.76 bits per heavy atom. The van der Waals surface area contributed by atoms with E-state index >= 15 is 0 Å². The summed E-state index contributed by atoms with van der Waals surface area (Å²) in [7, 11) is 0. The Balaban J connectivity index is 1.92. The van der Waals surface area contributed by atoms with Crippen molar-refractivity contribution >= 4 is 26.9 Å². The summed E-state index contributed by atoms with van der Waals surface area (Å²) < 4.78 is 6.41. The van der Waals surface area contributed by atoms with Crippen molar-refractivity contribution in [1.82, 2.24) is 0 Å². The van der Waals surface area contributed by atoms with Gasteiger partial charge in [0.25, 0.3) is 0 Å². The number of fused-ring (bicyclic) bond motifs is 2. The molecule has 25 heavy (non-hydrogen) atoms. The highest BCUT2D eigenvalue weighted by Crippen LogP contribution is 2.37. The minimum atomic E-state index is 0.102. The van der Waals surface area contributed by atoms with Crippen LogP contribution in [0.25, 0.3) is 11.0 Å². The molecule has 0 bridgehead atoms. The Kier molecular flexibility index (Phi) is 4.07. The van der Waals surface area contributed by atoms with Crippen molar-refractivity contribution in [2.24, 2.45) is 0 Å². The lowest BCUT2D eigenvalue weighted by Crippen LogP contribution is -2.13. The lowest BCUT2D eigenvalue weighted by Gasteiger charge is -2.16. The van der Waals surface area contributed by atoms with Crippen molar-refractivity contribution in [1.29, 1.82) is 0 Å². The van der Waals surface area contributed by atoms with Gasteiger partial charge in [0.2, 0.25) is 0 Å². The van der Waals surface area contributed by atoms with E-state index in [0.717, 1.165) is 40.9 Å². The van der Waals surface area contributed by atoms with Crippen LogP contribution in [-0.4, -0.2) is 0 Å². The molecule has 1 aromatic heterocycles. The first kappa shape index (κ1) is 16.6. The Morgan fingerprint density at radius 3 is 2.36 bits per heavy atom. The molecule has 1 aliphatic carbocycles. The Bertz CT molecular complexity index is 1010. The van der Waals surface area contributed by atoms with Gasteiger partial charge in [-0.3, -0.25) is 4.79 Å². The Hall–Kier alpha value is -1.87. The fraction of sp³-hybridized carbons (Fsp3) is 0.318. The number of halogens is 1. The van der Waals surface area contributed by atoms with Crippen molar-refractivity contribution in [3.63, 3.8) is 0 Å². The number of aryl methyl sites for hydroxylation is 1. The van der Waals surface area contributed by atoms with Gasteiger partial charge in [0.15, 0.2) is 5.43 Å². The molecule has 1 unspecified atom stereocenters. The lowest BCUT2D eigenvalue weighted by atomic mass is 9.96. The summed E-state index contributed by atoms with van der Waals surface area (Å²) in [5, 5.41) is 0.693. The topological polar surface area (TPSA) is 30.2 Å². The van der Waals surface area contributed by atoms with Crippen LogP contribution in [0.3, 0.4) is 0 Å². The van der Waals surface area contributed by atoms with Gasteiger partial charge in [-0.2, -0.15) is 0 Å². The van der Waals surface area contributed by atoms with E-state index in [2.05, 4.69) is 53.2 Å². The molecule has 1 heterocycles. The maximum Gasteiger partial charge on any atom is 0.195 e. The van der Waals surface area contributed by atoms with E-state index in [-0.39, 0.29) is 16.2 Å². The van der Waals surface area contributed by atoms with E-state index in [1.165, 1.54) is 11.1 Å². The van der Waals surface area contributed by atoms with E-state index < -0.39 is 0 Å². The third kappa shape index (κ3) is 2.75. The lowest BCUT2D eigenvalue weighted by molar-refractivity contribution is 0.479. The van der Waals surface area contributed by atoms with Crippen molar-refractivity contribution in [3.05, 3.63) is 80.2 Å². The summed E-state index contributed by atoms with van der Waals surface area (Å²) in [5.41, 5.74) is 6.46. The zero-order valence-corrected chi connectivity index (χ0v) is 16.3. The molecule has 2 aromatic carbocycles. The Labute approximate surface area is 156 Å². The molecule has 3 heteroatoms. The van der Waals surface area contributed by atoms with Gasteiger partial charge < -0.3 is 4.42 Å². The highest BCUT2D eigenvalue weighted by molar-refractivity contribution is 9.09. The fourth-order valence-electron chi connectivity index (χ4n) is 4.01. The van der Waals surface area contributed by atoms with Gasteiger partial charge in [0.05, 0.1) is 5.39 Å². The van der Waals surface area contributed by atoms with Crippen LogP contribution >= 0.6 is 15.9 Å². The summed E-state index contributed by atoms with van der Waals surface area (Å²) >= 11 is 3.65. The largest absolute Gasteiger partial charge is 0.460 e. The van der Waals surface area contributed by atoms with Gasteiger partial charge in [-0.1, -0.05) is 46.3 Å². The molecule has 0 saturated carbocycles. The molecule has 0 saturated heterocycles. The molecule has 1 aliphatic rings. The van der Waals surface area contributed by atoms with Crippen molar-refractivity contribution < 1.29 is 4.42 Å². The average molecular weight is 397 g/mol. The van der Waals surface area contributed by atoms with Crippen molar-refractivity contribution in [2.75, 3.05) is 0 Å². The summed E-state index contributed by atoms with van der Waals surface area (Å²) in [6.45, 7) is 6.00. The van der Waals surface area contributed by atoms with Gasteiger partial charge >= 0.3 is 0 Å². The van der Waals surface area contributed by atoms with Crippen LogP contribution in [0.15, 0.2) is 45.6 Å². The molecule has 0 N–H and O–H groups in total. The van der Waals surface area contributed by atoms with Crippen LogP contribution in [0.5, 0.6) is 0 Å². The van der Waals surface area contributed by atoms with Crippen LogP contribution in [0.1, 0.15) is 51.2 Å². The zero-order chi connectivity index (χ0) is 17.7. The molecule has 0 aliphatic heterocycles. The van der Waals surface area contributed by atoms with Crippen LogP contribution in [-0.2, 0) is 12.8 Å². The molecule has 0 spiro atoms. The van der Waals surface area contributed by atoms with Crippen LogP contribution in [0.4, 0.5) is 0 Å². The predicted molar refractivity (Wildman–Crippen MR) is 106 cm³/mol. The average Bonchev–Trinajstić information content (AvgIpc) is 3.01. The maximum absolute atomic E-state index is 13.0. The molecule has 0 radical (unpaired) electrons. The molecule has 0 amide bonds. The molecule has 3 aromatic rings. The van der Waals surface area contributed by atoms with E-state index in [1.54, 1.807) is 0 Å². The summed E-state index contributed by atoms with van der Waals surface area (Å²) in [4.78, 5) is 13.2. The molecule has 2 nitrogen and oxygen atoms in total. The van der Waals surface area contributed by atoms with Gasteiger partial charge in [-0.25, -0.2) is 0 Å². The maximum atomic E-state index is 13.0. The normalized spacial score (nSPS) is 15.5. The molecule has 1 atom stereocenters. The monoisotopic (exact) mass is 396 g/mol. The molecule has 0 fully saturated rings. The predicted octanol–water partition coefficient (Wildman–Crippen LogP) is 5.75. The summed E-state index contributed by atoms with van der Waals surface area (Å²) in [6.07, 6.45) is 1.88. The first-order valence-electron chi connectivity index (χ1n) is 8.74. The van der Waals surface area contributed by atoms with Crippen molar-refractivity contribution in [3.8, 4) is 0 Å². The number of hydrogen-bond acceptors (Lipinski definition) is 2. The SMILES string of the molecule is Cc1cc(C(C)Br)c2oc(C3Cc4ccccc4C3)c(C)c(=O)c2c1. The van der Waals surface area contributed by atoms with Crippen LogP contribution in [0.2, 0.25) is 0 Å². The minimum absolute atomic E-state index is 0.102. The molecule has 4 rings (SSSR count).